The van der Waals surface area contributed by atoms with E-state index in [1.807, 2.05) is 18.2 Å². The monoisotopic (exact) mass is 766 g/mol. The summed E-state index contributed by atoms with van der Waals surface area (Å²) in [5.41, 5.74) is 2.98. The van der Waals surface area contributed by atoms with Crippen LogP contribution >= 0.6 is 0 Å². The van der Waals surface area contributed by atoms with Crippen LogP contribution < -0.4 is 0 Å². The molecule has 0 aliphatic carbocycles. The zero-order valence-corrected chi connectivity index (χ0v) is 27.2. The highest BCUT2D eigenvalue weighted by molar-refractivity contribution is 5.57. The van der Waals surface area contributed by atoms with E-state index in [-0.39, 0.29) is 12.8 Å². The smallest absolute Gasteiger partial charge is 0.375 e. The molecule has 1 aromatic heterocycles. The van der Waals surface area contributed by atoms with Crippen molar-refractivity contribution < 1.29 is 75.3 Å². The number of hydrogen-bond donors (Lipinski definition) is 0. The normalized spacial score (nSPS) is 14.0. The Balaban J connectivity index is 1.91. The Labute approximate surface area is 284 Å². The summed E-state index contributed by atoms with van der Waals surface area (Å²) in [6.45, 7) is -1.21. The molecular weight excluding hydrogens is 729 g/mol. The van der Waals surface area contributed by atoms with E-state index in [0.29, 0.717) is 25.1 Å². The van der Waals surface area contributed by atoms with E-state index < -0.39 is 55.3 Å². The number of unbranched alkanes of at least 4 members (excludes halogenated alkanes) is 8. The van der Waals surface area contributed by atoms with Gasteiger partial charge in [-0.2, -0.15) is 65.9 Å². The van der Waals surface area contributed by atoms with Crippen molar-refractivity contribution in [3.05, 3.63) is 47.8 Å². The third-order valence-electron chi connectivity index (χ3n) is 7.80. The number of nitrogens with zero attached hydrogens (tertiary/aromatic N) is 2. The molecule has 0 radical (unpaired) electrons. The third-order valence-corrected chi connectivity index (χ3v) is 7.80. The van der Waals surface area contributed by atoms with Crippen LogP contribution in [0.1, 0.15) is 82.3 Å². The van der Waals surface area contributed by atoms with Crippen LogP contribution in [0.4, 0.5) is 65.9 Å². The van der Waals surface area contributed by atoms with Gasteiger partial charge in [0.2, 0.25) is 0 Å². The second kappa shape index (κ2) is 17.8. The van der Waals surface area contributed by atoms with E-state index in [9.17, 15) is 65.9 Å². The van der Waals surface area contributed by atoms with Crippen molar-refractivity contribution in [3.8, 4) is 11.4 Å². The molecule has 0 saturated carbocycles. The van der Waals surface area contributed by atoms with Crippen LogP contribution in [0.3, 0.4) is 0 Å². The number of halogens is 15. The minimum absolute atomic E-state index is 0.0692. The number of aryl methyl sites for hydroxylation is 2. The molecule has 0 bridgehead atoms. The van der Waals surface area contributed by atoms with Crippen LogP contribution in [0, 0.1) is 0 Å². The lowest BCUT2D eigenvalue weighted by molar-refractivity contribution is -0.513. The van der Waals surface area contributed by atoms with Gasteiger partial charge in [0.1, 0.15) is 6.61 Å². The van der Waals surface area contributed by atoms with Gasteiger partial charge in [-0.15, -0.1) is 0 Å². The highest BCUT2D eigenvalue weighted by Crippen LogP contribution is 2.57. The molecule has 4 nitrogen and oxygen atoms in total. The number of benzene rings is 1. The number of ether oxygens (including phenoxy) is 2. The zero-order valence-electron chi connectivity index (χ0n) is 27.2. The Bertz CT molecular complexity index is 1340. The van der Waals surface area contributed by atoms with Crippen molar-refractivity contribution in [2.45, 2.75) is 126 Å². The fourth-order valence-electron chi connectivity index (χ4n) is 4.81. The fraction of sp³-hybridized carbons (Fsp3) is 0.688. The molecule has 0 spiro atoms. The lowest BCUT2D eigenvalue weighted by Gasteiger charge is -2.37. The van der Waals surface area contributed by atoms with E-state index in [1.165, 1.54) is 0 Å². The number of rotatable bonds is 23. The molecule has 2 aromatic rings. The topological polar surface area (TPSA) is 44.2 Å². The van der Waals surface area contributed by atoms with Crippen molar-refractivity contribution in [3.63, 3.8) is 0 Å². The highest BCUT2D eigenvalue weighted by Gasteiger charge is 2.86. The van der Waals surface area contributed by atoms with E-state index in [0.717, 1.165) is 61.6 Å². The minimum atomic E-state index is -7.92. The van der Waals surface area contributed by atoms with Crippen LogP contribution in [0.25, 0.3) is 11.4 Å². The Morgan fingerprint density at radius 1 is 0.569 bits per heavy atom. The summed E-state index contributed by atoms with van der Waals surface area (Å²) in [5, 5.41) is 0. The Morgan fingerprint density at radius 2 is 1.08 bits per heavy atom. The molecule has 0 saturated heterocycles. The van der Waals surface area contributed by atoms with Gasteiger partial charge in [-0.3, -0.25) is 0 Å². The van der Waals surface area contributed by atoms with Crippen LogP contribution in [-0.2, 0) is 22.3 Å². The maximum Gasteiger partial charge on any atom is 0.460 e. The van der Waals surface area contributed by atoms with E-state index in [1.54, 1.807) is 23.2 Å². The maximum absolute atomic E-state index is 13.9. The fourth-order valence-corrected chi connectivity index (χ4v) is 4.81. The van der Waals surface area contributed by atoms with Gasteiger partial charge in [-0.25, -0.2) is 14.7 Å². The molecule has 0 amide bonds. The molecule has 292 valence electrons. The molecule has 1 aromatic carbocycles. The van der Waals surface area contributed by atoms with Gasteiger partial charge >= 0.3 is 42.1 Å². The van der Waals surface area contributed by atoms with Crippen molar-refractivity contribution in [2.75, 3.05) is 13.2 Å². The first-order chi connectivity index (χ1) is 23.5. The van der Waals surface area contributed by atoms with Gasteiger partial charge < -0.3 is 4.74 Å². The SMILES string of the molecule is CCCCCCCCc1cc(-c2ncccn2)ccc1CCCCCCOCC(F)(F)C(F)(F)C(F)(F)OC(F)(F)C(F)(F)C(F)(F)C(F)(F)F. The maximum atomic E-state index is 13.9. The Hall–Kier alpha value is -2.83. The number of alkyl halides is 15. The van der Waals surface area contributed by atoms with Crippen LogP contribution in [0.5, 0.6) is 0 Å². The van der Waals surface area contributed by atoms with Crippen molar-refractivity contribution in [1.29, 1.82) is 0 Å². The lowest BCUT2D eigenvalue weighted by atomic mass is 9.94. The third kappa shape index (κ3) is 11.1. The summed E-state index contributed by atoms with van der Waals surface area (Å²) >= 11 is 0. The van der Waals surface area contributed by atoms with E-state index in [4.69, 9.17) is 0 Å². The molecule has 0 N–H and O–H groups in total. The van der Waals surface area contributed by atoms with Gasteiger partial charge in [-0.05, 0) is 55.4 Å². The lowest BCUT2D eigenvalue weighted by Crippen LogP contribution is -2.66. The summed E-state index contributed by atoms with van der Waals surface area (Å²) in [5.74, 6) is -28.4. The van der Waals surface area contributed by atoms with Gasteiger partial charge in [0.25, 0.3) is 0 Å². The first-order valence-electron chi connectivity index (χ1n) is 16.0. The highest BCUT2D eigenvalue weighted by atomic mass is 19.4. The number of aromatic nitrogens is 2. The second-order valence-electron chi connectivity index (χ2n) is 11.9. The van der Waals surface area contributed by atoms with Crippen LogP contribution in [0.2, 0.25) is 0 Å². The van der Waals surface area contributed by atoms with E-state index in [2.05, 4.69) is 21.6 Å². The molecule has 19 heteroatoms. The van der Waals surface area contributed by atoms with Gasteiger partial charge in [0.05, 0.1) is 0 Å². The molecule has 0 fully saturated rings. The standard InChI is InChI=1S/C32H37F15N2O2/c1-2-3-4-5-6-10-14-23-20-24(25-48-17-12-18-49-25)16-15-22(23)13-9-7-8-11-19-50-21-26(33,34)27(35,36)31(44,45)51-32(46,47)29(39,40)28(37,38)30(41,42)43/h12,15-18,20H,2-11,13-14,19,21H2,1H3. The quantitative estimate of drug-likeness (QED) is 0.0835. The van der Waals surface area contributed by atoms with Gasteiger partial charge in [-0.1, -0.05) is 64.0 Å². The predicted octanol–water partition coefficient (Wildman–Crippen LogP) is 11.5. The first-order valence-corrected chi connectivity index (χ1v) is 16.0. The average Bonchev–Trinajstić information content (AvgIpc) is 3.03. The average molecular weight is 767 g/mol. The largest absolute Gasteiger partial charge is 0.460 e. The van der Waals surface area contributed by atoms with Crippen molar-refractivity contribution in [1.82, 2.24) is 9.97 Å². The molecular formula is C32H37F15N2O2. The minimum Gasteiger partial charge on any atom is -0.375 e. The zero-order chi connectivity index (χ0) is 38.8. The van der Waals surface area contributed by atoms with Crippen molar-refractivity contribution >= 4 is 0 Å². The molecule has 0 atom stereocenters. The first kappa shape index (κ1) is 44.3. The number of hydrogen-bond acceptors (Lipinski definition) is 4. The molecule has 1 heterocycles. The van der Waals surface area contributed by atoms with Gasteiger partial charge in [0, 0.05) is 24.6 Å². The summed E-state index contributed by atoms with van der Waals surface area (Å²) in [6.07, 6.45) is -10.1. The summed E-state index contributed by atoms with van der Waals surface area (Å²) in [4.78, 5) is 8.54. The predicted molar refractivity (Wildman–Crippen MR) is 154 cm³/mol. The second-order valence-corrected chi connectivity index (χ2v) is 11.9. The Morgan fingerprint density at radius 3 is 1.65 bits per heavy atom. The van der Waals surface area contributed by atoms with Gasteiger partial charge in [0.15, 0.2) is 5.82 Å². The molecule has 0 unspecified atom stereocenters. The van der Waals surface area contributed by atoms with Crippen LogP contribution in [-0.4, -0.2) is 65.3 Å². The molecule has 0 aliphatic rings. The van der Waals surface area contributed by atoms with E-state index >= 15 is 0 Å². The summed E-state index contributed by atoms with van der Waals surface area (Å²) in [6, 6.07) is 7.52. The Kier molecular flexibility index (Phi) is 15.5. The molecule has 2 rings (SSSR count). The summed E-state index contributed by atoms with van der Waals surface area (Å²) in [7, 11) is 0. The summed E-state index contributed by atoms with van der Waals surface area (Å²) < 4.78 is 204. The molecule has 0 aliphatic heterocycles. The molecule has 51 heavy (non-hydrogen) atoms. The van der Waals surface area contributed by atoms with Crippen molar-refractivity contribution in [2.24, 2.45) is 0 Å². The van der Waals surface area contributed by atoms with Crippen LogP contribution in [0.15, 0.2) is 36.7 Å².